The topological polar surface area (TPSA) is 33.0 Å². The molecule has 114 valence electrons. The molecule has 0 fully saturated rings. The highest BCUT2D eigenvalue weighted by molar-refractivity contribution is 5.93. The fourth-order valence-corrected chi connectivity index (χ4v) is 2.58. The van der Waals surface area contributed by atoms with Crippen molar-refractivity contribution in [3.63, 3.8) is 0 Å². The van der Waals surface area contributed by atoms with Gasteiger partial charge in [0, 0.05) is 13.0 Å². The van der Waals surface area contributed by atoms with Gasteiger partial charge in [0.25, 0.3) is 5.82 Å². The molecule has 3 heteroatoms. The number of carbonyl (C=O) groups is 1. The van der Waals surface area contributed by atoms with Gasteiger partial charge < -0.3 is 0 Å². The minimum Gasteiger partial charge on any atom is -0.247 e. The van der Waals surface area contributed by atoms with E-state index in [9.17, 15) is 4.79 Å². The molecule has 3 aromatic rings. The second-order valence-corrected chi connectivity index (χ2v) is 5.54. The van der Waals surface area contributed by atoms with E-state index in [-0.39, 0.29) is 5.91 Å². The van der Waals surface area contributed by atoms with Gasteiger partial charge in [-0.3, -0.25) is 0 Å². The summed E-state index contributed by atoms with van der Waals surface area (Å²) in [5, 5.41) is 5.29. The highest BCUT2D eigenvalue weighted by Gasteiger charge is 2.08. The molecule has 1 amide bonds. The van der Waals surface area contributed by atoms with Crippen molar-refractivity contribution in [1.29, 1.82) is 0 Å². The lowest BCUT2D eigenvalue weighted by molar-refractivity contribution is -0.657. The van der Waals surface area contributed by atoms with E-state index in [1.54, 1.807) is 0 Å². The summed E-state index contributed by atoms with van der Waals surface area (Å²) >= 11 is 0. The Morgan fingerprint density at radius 1 is 1.04 bits per heavy atom. The molecule has 0 radical (unpaired) electrons. The van der Waals surface area contributed by atoms with Crippen LogP contribution in [-0.4, -0.2) is 5.91 Å². The van der Waals surface area contributed by atoms with Crippen LogP contribution >= 0.6 is 0 Å². The Morgan fingerprint density at radius 2 is 1.83 bits per heavy atom. The summed E-state index contributed by atoms with van der Waals surface area (Å²) in [5.41, 5.74) is 2.22. The molecule has 1 heterocycles. The molecule has 0 saturated heterocycles. The fraction of sp³-hybridized carbons (Fsp3) is 0.100. The van der Waals surface area contributed by atoms with Crippen LogP contribution in [0.3, 0.4) is 0 Å². The quantitative estimate of drug-likeness (QED) is 0.734. The minimum atomic E-state index is -0.0733. The monoisotopic (exact) mass is 303 g/mol. The Hall–Kier alpha value is -2.94. The van der Waals surface area contributed by atoms with Gasteiger partial charge in [-0.15, -0.1) is 0 Å². The lowest BCUT2D eigenvalue weighted by Gasteiger charge is -2.03. The number of rotatable bonds is 3. The van der Waals surface area contributed by atoms with Gasteiger partial charge >= 0.3 is 5.91 Å². The van der Waals surface area contributed by atoms with Crippen LogP contribution in [0.1, 0.15) is 18.1 Å². The van der Waals surface area contributed by atoms with E-state index in [2.05, 4.69) is 53.9 Å². The van der Waals surface area contributed by atoms with Crippen molar-refractivity contribution in [3.8, 4) is 0 Å². The van der Waals surface area contributed by atoms with E-state index >= 15 is 0 Å². The summed E-state index contributed by atoms with van der Waals surface area (Å²) in [6, 6.07) is 18.6. The summed E-state index contributed by atoms with van der Waals surface area (Å²) in [4.78, 5) is 11.3. The molecular formula is C20H19N2O+. The van der Waals surface area contributed by atoms with E-state index in [0.717, 1.165) is 11.4 Å². The molecule has 0 spiro atoms. The zero-order chi connectivity index (χ0) is 16.2. The molecule has 3 rings (SSSR count). The molecule has 2 aromatic carbocycles. The lowest BCUT2D eigenvalue weighted by atomic mass is 10.0. The van der Waals surface area contributed by atoms with E-state index in [4.69, 9.17) is 0 Å². The summed E-state index contributed by atoms with van der Waals surface area (Å²) < 4.78 is 1.89. The minimum absolute atomic E-state index is 0.0733. The predicted molar refractivity (Wildman–Crippen MR) is 94.8 cm³/mol. The number of aryl methyl sites for hydroxylation is 1. The van der Waals surface area contributed by atoms with Crippen LogP contribution < -0.4 is 9.88 Å². The zero-order valence-electron chi connectivity index (χ0n) is 13.3. The number of hydrogen-bond donors (Lipinski definition) is 1. The number of fused-ring (bicyclic) bond motifs is 1. The molecule has 0 aliphatic carbocycles. The SMILES string of the molecule is CC(=O)Nc1cc(/C=C/c2cccc3ccccc23)cc[n+]1C. The van der Waals surface area contributed by atoms with Crippen molar-refractivity contribution in [3.05, 3.63) is 71.9 Å². The number of carbonyl (C=O) groups excluding carboxylic acids is 1. The number of nitrogens with one attached hydrogen (secondary N) is 1. The largest absolute Gasteiger partial charge is 0.304 e. The highest BCUT2D eigenvalue weighted by Crippen LogP contribution is 2.20. The maximum atomic E-state index is 11.3. The first-order chi connectivity index (χ1) is 11.1. The maximum absolute atomic E-state index is 11.3. The molecule has 23 heavy (non-hydrogen) atoms. The van der Waals surface area contributed by atoms with Crippen LogP contribution in [0, 0.1) is 0 Å². The average Bonchev–Trinajstić information content (AvgIpc) is 2.55. The van der Waals surface area contributed by atoms with Crippen molar-refractivity contribution >= 4 is 34.6 Å². The maximum Gasteiger partial charge on any atom is 0.304 e. The van der Waals surface area contributed by atoms with Crippen molar-refractivity contribution in [2.75, 3.05) is 5.32 Å². The number of anilines is 1. The van der Waals surface area contributed by atoms with Gasteiger partial charge in [0.2, 0.25) is 0 Å². The molecule has 0 saturated carbocycles. The van der Waals surface area contributed by atoms with Gasteiger partial charge in [-0.25, -0.2) is 14.7 Å². The number of pyridine rings is 1. The van der Waals surface area contributed by atoms with E-state index < -0.39 is 0 Å². The third kappa shape index (κ3) is 3.46. The Bertz CT molecular complexity index is 892. The summed E-state index contributed by atoms with van der Waals surface area (Å²) in [5.74, 6) is 0.702. The van der Waals surface area contributed by atoms with Crippen LogP contribution in [0.2, 0.25) is 0 Å². The van der Waals surface area contributed by atoms with Crippen molar-refractivity contribution in [1.82, 2.24) is 0 Å². The molecule has 0 atom stereocenters. The summed E-state index contributed by atoms with van der Waals surface area (Å²) in [7, 11) is 1.91. The number of amides is 1. The molecule has 1 N–H and O–H groups in total. The number of hydrogen-bond acceptors (Lipinski definition) is 1. The van der Waals surface area contributed by atoms with Crippen LogP contribution in [0.25, 0.3) is 22.9 Å². The van der Waals surface area contributed by atoms with Gasteiger partial charge in [0.15, 0.2) is 0 Å². The smallest absolute Gasteiger partial charge is 0.247 e. The molecular weight excluding hydrogens is 284 g/mol. The molecule has 3 nitrogen and oxygen atoms in total. The second kappa shape index (κ2) is 6.44. The molecule has 0 unspecified atom stereocenters. The predicted octanol–water partition coefficient (Wildman–Crippen LogP) is 3.79. The van der Waals surface area contributed by atoms with E-state index in [1.165, 1.54) is 23.3 Å². The standard InChI is InChI=1S/C20H18N2O/c1-15(23)21-20-14-16(12-13-22(20)2)10-11-18-8-5-7-17-6-3-4-9-19(17)18/h3-14H,1-2H3/p+1/b11-10+. The van der Waals surface area contributed by atoms with Gasteiger partial charge in [-0.2, -0.15) is 0 Å². The van der Waals surface area contributed by atoms with Gasteiger partial charge in [0.05, 0.1) is 13.2 Å². The molecule has 0 bridgehead atoms. The van der Waals surface area contributed by atoms with Crippen molar-refractivity contribution in [2.24, 2.45) is 7.05 Å². The van der Waals surface area contributed by atoms with Gasteiger partial charge in [0.1, 0.15) is 0 Å². The first-order valence-electron chi connectivity index (χ1n) is 7.56. The normalized spacial score (nSPS) is 11.0. The van der Waals surface area contributed by atoms with Crippen LogP contribution in [0.4, 0.5) is 5.82 Å². The Labute approximate surface area is 135 Å². The first kappa shape index (κ1) is 15.0. The number of benzene rings is 2. The Balaban J connectivity index is 1.94. The third-order valence-electron chi connectivity index (χ3n) is 3.76. The highest BCUT2D eigenvalue weighted by atomic mass is 16.1. The lowest BCUT2D eigenvalue weighted by Crippen LogP contribution is -2.33. The summed E-state index contributed by atoms with van der Waals surface area (Å²) in [6.45, 7) is 1.51. The molecule has 0 aliphatic rings. The Morgan fingerprint density at radius 3 is 2.65 bits per heavy atom. The van der Waals surface area contributed by atoms with Gasteiger partial charge in [-0.1, -0.05) is 54.6 Å². The van der Waals surface area contributed by atoms with Crippen molar-refractivity contribution < 1.29 is 9.36 Å². The van der Waals surface area contributed by atoms with Crippen LogP contribution in [0.15, 0.2) is 60.8 Å². The van der Waals surface area contributed by atoms with Crippen LogP contribution in [-0.2, 0) is 11.8 Å². The first-order valence-corrected chi connectivity index (χ1v) is 7.56. The second-order valence-electron chi connectivity index (χ2n) is 5.54. The average molecular weight is 303 g/mol. The fourth-order valence-electron chi connectivity index (χ4n) is 2.58. The van der Waals surface area contributed by atoms with Crippen molar-refractivity contribution in [2.45, 2.75) is 6.92 Å². The Kier molecular flexibility index (Phi) is 4.20. The molecule has 1 aromatic heterocycles. The molecule has 0 aliphatic heterocycles. The number of nitrogens with zero attached hydrogens (tertiary/aromatic N) is 1. The number of aromatic nitrogens is 1. The summed E-state index contributed by atoms with van der Waals surface area (Å²) in [6.07, 6.45) is 6.11. The third-order valence-corrected chi connectivity index (χ3v) is 3.76. The van der Waals surface area contributed by atoms with Gasteiger partial charge in [-0.05, 0) is 28.0 Å². The van der Waals surface area contributed by atoms with E-state index in [1.807, 2.05) is 36.0 Å². The zero-order valence-corrected chi connectivity index (χ0v) is 13.3. The van der Waals surface area contributed by atoms with Crippen LogP contribution in [0.5, 0.6) is 0 Å². The van der Waals surface area contributed by atoms with E-state index in [0.29, 0.717) is 0 Å².